The molecule has 0 radical (unpaired) electrons. The van der Waals surface area contributed by atoms with Crippen molar-refractivity contribution >= 4 is 17.2 Å². The van der Waals surface area contributed by atoms with Gasteiger partial charge >= 0.3 is 0 Å². The second kappa shape index (κ2) is 5.93. The monoisotopic (exact) mass is 345 g/mol. The fourth-order valence-corrected chi connectivity index (χ4v) is 4.87. The fraction of sp³-hybridized carbons (Fsp3) is 0.444. The molecule has 2 aliphatic rings. The van der Waals surface area contributed by atoms with Crippen LogP contribution in [0.15, 0.2) is 30.5 Å². The van der Waals surface area contributed by atoms with Crippen molar-refractivity contribution in [2.45, 2.75) is 31.7 Å². The Morgan fingerprint density at radius 2 is 2.21 bits per heavy atom. The smallest absolute Gasteiger partial charge is 0.263 e. The van der Waals surface area contributed by atoms with Crippen LogP contribution < -0.4 is 11.1 Å². The van der Waals surface area contributed by atoms with Crippen LogP contribution in [0.4, 0.5) is 4.39 Å². The minimum absolute atomic E-state index is 0.134. The number of benzene rings is 1. The Morgan fingerprint density at radius 1 is 1.42 bits per heavy atom. The first-order valence-electron chi connectivity index (χ1n) is 8.35. The van der Waals surface area contributed by atoms with E-state index in [0.717, 1.165) is 6.42 Å². The minimum Gasteiger partial charge on any atom is -0.351 e. The number of aromatic nitrogens is 1. The standard InChI is InChI=1S/C18H20FN3OS/c19-13-5-2-1-4-12(13)17-22-10-14(24-17)16(23)21-9-11-8-15(20)18(11)6-3-7-18/h1-2,4-5,10-11,15H,3,6-9,20H2,(H,21,23). The summed E-state index contributed by atoms with van der Waals surface area (Å²) in [6.45, 7) is 0.666. The van der Waals surface area contributed by atoms with E-state index < -0.39 is 0 Å². The van der Waals surface area contributed by atoms with E-state index in [1.807, 2.05) is 0 Å². The topological polar surface area (TPSA) is 68.0 Å². The van der Waals surface area contributed by atoms with Crippen LogP contribution in [0.5, 0.6) is 0 Å². The van der Waals surface area contributed by atoms with Gasteiger partial charge in [-0.3, -0.25) is 4.79 Å². The maximum Gasteiger partial charge on any atom is 0.263 e. The molecule has 2 aromatic rings. The van der Waals surface area contributed by atoms with Crippen molar-refractivity contribution in [1.29, 1.82) is 0 Å². The van der Waals surface area contributed by atoms with Gasteiger partial charge in [0.2, 0.25) is 0 Å². The first-order chi connectivity index (χ1) is 11.6. The van der Waals surface area contributed by atoms with Crippen molar-refractivity contribution in [3.63, 3.8) is 0 Å². The van der Waals surface area contributed by atoms with Gasteiger partial charge in [0.25, 0.3) is 5.91 Å². The molecule has 3 N–H and O–H groups in total. The molecule has 4 rings (SSSR count). The van der Waals surface area contributed by atoms with Gasteiger partial charge in [0, 0.05) is 18.2 Å². The molecule has 1 heterocycles. The SMILES string of the molecule is NC1CC(CNC(=O)c2cnc(-c3ccccc3F)s2)C12CCC2. The molecule has 1 aromatic carbocycles. The summed E-state index contributed by atoms with van der Waals surface area (Å²) < 4.78 is 13.8. The molecule has 2 saturated carbocycles. The molecule has 2 aliphatic carbocycles. The van der Waals surface area contributed by atoms with Crippen LogP contribution >= 0.6 is 11.3 Å². The lowest BCUT2D eigenvalue weighted by atomic mass is 9.47. The van der Waals surface area contributed by atoms with Crippen LogP contribution in [-0.2, 0) is 0 Å². The lowest BCUT2D eigenvalue weighted by Gasteiger charge is -2.60. The van der Waals surface area contributed by atoms with Crippen molar-refractivity contribution < 1.29 is 9.18 Å². The number of amides is 1. The highest BCUT2D eigenvalue weighted by Crippen LogP contribution is 2.58. The third-order valence-electron chi connectivity index (χ3n) is 5.72. The van der Waals surface area contributed by atoms with Gasteiger partial charge in [-0.2, -0.15) is 0 Å². The highest BCUT2D eigenvalue weighted by molar-refractivity contribution is 7.16. The van der Waals surface area contributed by atoms with Gasteiger partial charge in [0.1, 0.15) is 15.7 Å². The third-order valence-corrected chi connectivity index (χ3v) is 6.75. The van der Waals surface area contributed by atoms with E-state index in [9.17, 15) is 9.18 Å². The van der Waals surface area contributed by atoms with Gasteiger partial charge in [-0.1, -0.05) is 18.6 Å². The van der Waals surface area contributed by atoms with Gasteiger partial charge in [-0.25, -0.2) is 9.37 Å². The Morgan fingerprint density at radius 3 is 2.88 bits per heavy atom. The summed E-state index contributed by atoms with van der Waals surface area (Å²) in [6.07, 6.45) is 6.13. The van der Waals surface area contributed by atoms with Gasteiger partial charge in [0.05, 0.1) is 6.20 Å². The van der Waals surface area contributed by atoms with E-state index in [1.54, 1.807) is 18.2 Å². The lowest BCUT2D eigenvalue weighted by Crippen LogP contribution is -2.63. The molecule has 1 aromatic heterocycles. The number of nitrogens with one attached hydrogen (secondary N) is 1. The second-order valence-corrected chi connectivity index (χ2v) is 7.88. The molecule has 2 fully saturated rings. The number of carbonyl (C=O) groups excluding carboxylic acids is 1. The Balaban J connectivity index is 1.40. The van der Waals surface area contributed by atoms with E-state index in [0.29, 0.717) is 34.0 Å². The van der Waals surface area contributed by atoms with Crippen molar-refractivity contribution in [2.24, 2.45) is 17.1 Å². The summed E-state index contributed by atoms with van der Waals surface area (Å²) in [5, 5.41) is 3.53. The molecule has 2 atom stereocenters. The largest absolute Gasteiger partial charge is 0.351 e. The third kappa shape index (κ3) is 2.45. The van der Waals surface area contributed by atoms with Crippen molar-refractivity contribution in [3.05, 3.63) is 41.2 Å². The number of thiazole rings is 1. The number of nitrogens with two attached hydrogens (primary N) is 1. The summed E-state index contributed by atoms with van der Waals surface area (Å²) in [7, 11) is 0. The van der Waals surface area contributed by atoms with Crippen molar-refractivity contribution in [2.75, 3.05) is 6.54 Å². The zero-order valence-electron chi connectivity index (χ0n) is 13.3. The zero-order chi connectivity index (χ0) is 16.7. The number of nitrogens with zero attached hydrogens (tertiary/aromatic N) is 1. The molecule has 0 saturated heterocycles. The maximum atomic E-state index is 13.8. The summed E-state index contributed by atoms with van der Waals surface area (Å²) >= 11 is 1.22. The predicted molar refractivity (Wildman–Crippen MR) is 92.2 cm³/mol. The van der Waals surface area contributed by atoms with E-state index in [2.05, 4.69) is 10.3 Å². The number of hydrogen-bond acceptors (Lipinski definition) is 4. The highest BCUT2D eigenvalue weighted by atomic mass is 32.1. The van der Waals surface area contributed by atoms with Gasteiger partial charge < -0.3 is 11.1 Å². The van der Waals surface area contributed by atoms with E-state index in [4.69, 9.17) is 5.73 Å². The minimum atomic E-state index is -0.325. The molecule has 24 heavy (non-hydrogen) atoms. The first kappa shape index (κ1) is 15.7. The molecule has 6 heteroatoms. The average Bonchev–Trinajstić information content (AvgIpc) is 2.99. The Bertz CT molecular complexity index is 771. The molecule has 4 nitrogen and oxygen atoms in total. The molecule has 2 unspecified atom stereocenters. The number of hydrogen-bond donors (Lipinski definition) is 2. The zero-order valence-corrected chi connectivity index (χ0v) is 14.1. The van der Waals surface area contributed by atoms with Crippen LogP contribution in [0, 0.1) is 17.2 Å². The van der Waals surface area contributed by atoms with Gasteiger partial charge in [-0.05, 0) is 42.7 Å². The van der Waals surface area contributed by atoms with Gasteiger partial charge in [0.15, 0.2) is 0 Å². The normalized spacial score (nSPS) is 24.2. The van der Waals surface area contributed by atoms with Crippen LogP contribution in [0.25, 0.3) is 10.6 Å². The highest BCUT2D eigenvalue weighted by Gasteiger charge is 2.56. The molecule has 1 spiro atoms. The maximum absolute atomic E-state index is 13.8. The lowest BCUT2D eigenvalue weighted by molar-refractivity contribution is -0.0705. The molecule has 1 amide bonds. The Hall–Kier alpha value is -1.79. The molecule has 126 valence electrons. The first-order valence-corrected chi connectivity index (χ1v) is 9.16. The Labute approximate surface area is 144 Å². The molecular weight excluding hydrogens is 325 g/mol. The summed E-state index contributed by atoms with van der Waals surface area (Å²) in [5.74, 6) is 0.0309. The molecule has 0 aliphatic heterocycles. The predicted octanol–water partition coefficient (Wildman–Crippen LogP) is 3.20. The van der Waals surface area contributed by atoms with Crippen LogP contribution in [0.2, 0.25) is 0 Å². The summed E-state index contributed by atoms with van der Waals surface area (Å²) in [5.41, 5.74) is 6.86. The molecule has 0 bridgehead atoms. The van der Waals surface area contributed by atoms with E-state index >= 15 is 0 Å². The second-order valence-electron chi connectivity index (χ2n) is 6.85. The molecular formula is C18H20FN3OS. The van der Waals surface area contributed by atoms with Crippen LogP contribution in [0.1, 0.15) is 35.4 Å². The number of rotatable bonds is 4. The van der Waals surface area contributed by atoms with Gasteiger partial charge in [-0.15, -0.1) is 11.3 Å². The van der Waals surface area contributed by atoms with Crippen molar-refractivity contribution in [1.82, 2.24) is 10.3 Å². The number of halogens is 1. The quantitative estimate of drug-likeness (QED) is 0.894. The van der Waals surface area contributed by atoms with E-state index in [-0.39, 0.29) is 17.1 Å². The summed E-state index contributed by atoms with van der Waals surface area (Å²) in [4.78, 5) is 17.1. The number of carbonyl (C=O) groups is 1. The van der Waals surface area contributed by atoms with Crippen LogP contribution in [0.3, 0.4) is 0 Å². The fourth-order valence-electron chi connectivity index (χ4n) is 4.01. The Kier molecular flexibility index (Phi) is 3.89. The van der Waals surface area contributed by atoms with Crippen molar-refractivity contribution in [3.8, 4) is 10.6 Å². The van der Waals surface area contributed by atoms with Crippen LogP contribution in [-0.4, -0.2) is 23.5 Å². The average molecular weight is 345 g/mol. The van der Waals surface area contributed by atoms with E-state index in [1.165, 1.54) is 42.9 Å². The summed E-state index contributed by atoms with van der Waals surface area (Å²) in [6, 6.07) is 6.77.